The molecule has 14 heavy (non-hydrogen) atoms. The Labute approximate surface area is 82.7 Å². The number of aromatic nitrogens is 3. The lowest BCUT2D eigenvalue weighted by atomic mass is 10.1. The Bertz CT molecular complexity index is 396. The van der Waals surface area contributed by atoms with Crippen molar-refractivity contribution >= 4 is 12.0 Å². The molecule has 1 aliphatic rings. The summed E-state index contributed by atoms with van der Waals surface area (Å²) >= 11 is 0. The summed E-state index contributed by atoms with van der Waals surface area (Å²) in [5.41, 5.74) is 0.780. The zero-order valence-electron chi connectivity index (χ0n) is 8.60. The highest BCUT2D eigenvalue weighted by Gasteiger charge is 2.27. The number of nitrogens with zero attached hydrogens (tertiary/aromatic N) is 5. The van der Waals surface area contributed by atoms with E-state index in [4.69, 9.17) is 0 Å². The number of fused-ring (bicyclic) bond motifs is 1. The van der Waals surface area contributed by atoms with Crippen molar-refractivity contribution < 1.29 is 0 Å². The van der Waals surface area contributed by atoms with E-state index in [1.807, 2.05) is 4.90 Å². The standard InChI is InChI=1S/C9H13N5/c1-7-8-10-5-11-14(8)12-6-13(7)9(2,3)4/h5-6H,1H2,2-4H3. The van der Waals surface area contributed by atoms with Crippen molar-refractivity contribution in [3.05, 3.63) is 18.7 Å². The first-order valence-electron chi connectivity index (χ1n) is 4.43. The van der Waals surface area contributed by atoms with Gasteiger partial charge in [-0.25, -0.2) is 4.98 Å². The van der Waals surface area contributed by atoms with Crippen LogP contribution in [-0.2, 0) is 0 Å². The van der Waals surface area contributed by atoms with E-state index in [0.29, 0.717) is 5.82 Å². The highest BCUT2D eigenvalue weighted by Crippen LogP contribution is 2.25. The fraction of sp³-hybridized carbons (Fsp3) is 0.444. The maximum atomic E-state index is 4.13. The summed E-state index contributed by atoms with van der Waals surface area (Å²) in [6.45, 7) is 10.3. The smallest absolute Gasteiger partial charge is 0.199 e. The lowest BCUT2D eigenvalue weighted by Gasteiger charge is -2.35. The van der Waals surface area contributed by atoms with Crippen LogP contribution in [0.1, 0.15) is 26.6 Å². The molecule has 0 aromatic carbocycles. The van der Waals surface area contributed by atoms with Gasteiger partial charge in [-0.15, -0.1) is 15.0 Å². The Kier molecular flexibility index (Phi) is 1.70. The summed E-state index contributed by atoms with van der Waals surface area (Å²) in [7, 11) is 0. The Morgan fingerprint density at radius 3 is 2.71 bits per heavy atom. The highest BCUT2D eigenvalue weighted by atomic mass is 15.6. The molecule has 5 nitrogen and oxygen atoms in total. The average molecular weight is 191 g/mol. The normalized spacial score (nSPS) is 15.9. The first-order valence-corrected chi connectivity index (χ1v) is 4.43. The predicted octanol–water partition coefficient (Wildman–Crippen LogP) is 1.15. The molecule has 0 amide bonds. The van der Waals surface area contributed by atoms with Crippen LogP contribution in [0.4, 0.5) is 0 Å². The molecule has 0 unspecified atom stereocenters. The maximum absolute atomic E-state index is 4.13. The summed E-state index contributed by atoms with van der Waals surface area (Å²) in [5, 5.41) is 8.08. The Balaban J connectivity index is 2.43. The van der Waals surface area contributed by atoms with E-state index < -0.39 is 0 Å². The third-order valence-corrected chi connectivity index (χ3v) is 2.08. The molecule has 0 radical (unpaired) electrons. The topological polar surface area (TPSA) is 46.3 Å². The van der Waals surface area contributed by atoms with Gasteiger partial charge < -0.3 is 4.90 Å². The van der Waals surface area contributed by atoms with Crippen LogP contribution >= 0.6 is 0 Å². The molecule has 0 fully saturated rings. The van der Waals surface area contributed by atoms with Gasteiger partial charge in [0, 0.05) is 5.54 Å². The van der Waals surface area contributed by atoms with E-state index >= 15 is 0 Å². The van der Waals surface area contributed by atoms with Crippen molar-refractivity contribution in [2.24, 2.45) is 5.10 Å². The van der Waals surface area contributed by atoms with Crippen molar-refractivity contribution in [2.45, 2.75) is 26.3 Å². The van der Waals surface area contributed by atoms with Crippen LogP contribution in [0.2, 0.25) is 0 Å². The highest BCUT2D eigenvalue weighted by molar-refractivity contribution is 5.75. The zero-order chi connectivity index (χ0) is 10.3. The molecule has 1 aromatic rings. The average Bonchev–Trinajstić information content (AvgIpc) is 2.50. The Morgan fingerprint density at radius 1 is 1.36 bits per heavy atom. The number of hydrogen-bond donors (Lipinski definition) is 0. The second-order valence-corrected chi connectivity index (χ2v) is 4.19. The van der Waals surface area contributed by atoms with Gasteiger partial charge >= 0.3 is 0 Å². The first-order chi connectivity index (χ1) is 6.50. The van der Waals surface area contributed by atoms with Crippen LogP contribution in [0.5, 0.6) is 0 Å². The van der Waals surface area contributed by atoms with Gasteiger partial charge in [0.2, 0.25) is 0 Å². The van der Waals surface area contributed by atoms with Gasteiger partial charge in [0.15, 0.2) is 5.82 Å². The summed E-state index contributed by atoms with van der Waals surface area (Å²) in [5.74, 6) is 0.697. The fourth-order valence-electron chi connectivity index (χ4n) is 1.37. The zero-order valence-corrected chi connectivity index (χ0v) is 8.60. The monoisotopic (exact) mass is 191 g/mol. The molecular weight excluding hydrogens is 178 g/mol. The quantitative estimate of drug-likeness (QED) is 0.618. The maximum Gasteiger partial charge on any atom is 0.199 e. The minimum atomic E-state index is -0.0439. The van der Waals surface area contributed by atoms with Crippen molar-refractivity contribution in [1.29, 1.82) is 0 Å². The van der Waals surface area contributed by atoms with Crippen molar-refractivity contribution in [2.75, 3.05) is 0 Å². The number of hydrogen-bond acceptors (Lipinski definition) is 4. The molecule has 2 rings (SSSR count). The van der Waals surface area contributed by atoms with Gasteiger partial charge in [-0.1, -0.05) is 6.58 Å². The summed E-state index contributed by atoms with van der Waals surface area (Å²) in [4.78, 5) is 7.56. The molecule has 1 aromatic heterocycles. The molecule has 0 N–H and O–H groups in total. The molecule has 74 valence electrons. The molecule has 0 aliphatic carbocycles. The molecule has 0 saturated heterocycles. The Hall–Kier alpha value is -1.65. The van der Waals surface area contributed by atoms with Crippen LogP contribution < -0.4 is 0 Å². The van der Waals surface area contributed by atoms with E-state index in [-0.39, 0.29) is 5.54 Å². The minimum absolute atomic E-state index is 0.0439. The van der Waals surface area contributed by atoms with Crippen LogP contribution in [0, 0.1) is 0 Å². The van der Waals surface area contributed by atoms with Gasteiger partial charge in [0.1, 0.15) is 12.7 Å². The van der Waals surface area contributed by atoms with E-state index in [1.165, 1.54) is 11.1 Å². The van der Waals surface area contributed by atoms with E-state index in [0.717, 1.165) is 5.70 Å². The third-order valence-electron chi connectivity index (χ3n) is 2.08. The van der Waals surface area contributed by atoms with Gasteiger partial charge in [0.25, 0.3) is 0 Å². The van der Waals surface area contributed by atoms with Crippen LogP contribution in [0.15, 0.2) is 18.0 Å². The SMILES string of the molecule is C=C1c2ncnn2N=CN1C(C)(C)C. The van der Waals surface area contributed by atoms with E-state index in [9.17, 15) is 0 Å². The fourth-order valence-corrected chi connectivity index (χ4v) is 1.37. The lowest BCUT2D eigenvalue weighted by Crippen LogP contribution is -2.41. The summed E-state index contributed by atoms with van der Waals surface area (Å²) < 4.78 is 0. The van der Waals surface area contributed by atoms with Crippen LogP contribution in [-0.4, -0.2) is 31.7 Å². The van der Waals surface area contributed by atoms with E-state index in [2.05, 4.69) is 42.5 Å². The Morgan fingerprint density at radius 2 is 2.07 bits per heavy atom. The minimum Gasteiger partial charge on any atom is -0.323 e. The van der Waals surface area contributed by atoms with Crippen LogP contribution in [0.25, 0.3) is 5.70 Å². The molecule has 0 atom stereocenters. The third kappa shape index (κ3) is 1.21. The summed E-state index contributed by atoms with van der Waals surface area (Å²) in [6.07, 6.45) is 3.20. The molecular formula is C9H13N5. The predicted molar refractivity (Wildman–Crippen MR) is 54.5 cm³/mol. The molecule has 5 heteroatoms. The van der Waals surface area contributed by atoms with E-state index in [1.54, 1.807) is 6.34 Å². The van der Waals surface area contributed by atoms with Crippen LogP contribution in [0.3, 0.4) is 0 Å². The summed E-state index contributed by atoms with van der Waals surface area (Å²) in [6, 6.07) is 0. The second kappa shape index (κ2) is 2.67. The van der Waals surface area contributed by atoms with Gasteiger partial charge in [-0.05, 0) is 20.8 Å². The van der Waals surface area contributed by atoms with Gasteiger partial charge in [0.05, 0.1) is 5.70 Å². The van der Waals surface area contributed by atoms with Gasteiger partial charge in [-0.3, -0.25) is 0 Å². The molecule has 2 heterocycles. The lowest BCUT2D eigenvalue weighted by molar-refractivity contribution is 0.325. The molecule has 0 saturated carbocycles. The largest absolute Gasteiger partial charge is 0.323 e. The molecule has 0 spiro atoms. The molecule has 0 bridgehead atoms. The first kappa shape index (κ1) is 8.93. The molecule has 1 aliphatic heterocycles. The second-order valence-electron chi connectivity index (χ2n) is 4.19. The van der Waals surface area contributed by atoms with Gasteiger partial charge in [-0.2, -0.15) is 0 Å². The number of rotatable bonds is 0. The van der Waals surface area contributed by atoms with Crippen molar-refractivity contribution in [1.82, 2.24) is 19.8 Å². The van der Waals surface area contributed by atoms with Crippen molar-refractivity contribution in [3.8, 4) is 0 Å². The van der Waals surface area contributed by atoms with Crippen molar-refractivity contribution in [3.63, 3.8) is 0 Å².